The van der Waals surface area contributed by atoms with Crippen molar-refractivity contribution in [2.75, 3.05) is 6.54 Å². The molecule has 4 heteroatoms. The normalized spacial score (nSPS) is 22.4. The van der Waals surface area contributed by atoms with Gasteiger partial charge in [0.05, 0.1) is 0 Å². The fourth-order valence-electron chi connectivity index (χ4n) is 2.07. The van der Waals surface area contributed by atoms with Gasteiger partial charge in [-0.1, -0.05) is 13.3 Å². The van der Waals surface area contributed by atoms with Crippen LogP contribution in [-0.2, 0) is 9.53 Å². The summed E-state index contributed by atoms with van der Waals surface area (Å²) in [5.41, 5.74) is -0.490. The van der Waals surface area contributed by atoms with Crippen molar-refractivity contribution in [3.8, 4) is 0 Å². The van der Waals surface area contributed by atoms with E-state index >= 15 is 0 Å². The van der Waals surface area contributed by atoms with E-state index < -0.39 is 11.7 Å². The summed E-state index contributed by atoms with van der Waals surface area (Å²) in [6.45, 7) is 7.98. The van der Waals surface area contributed by atoms with Crippen molar-refractivity contribution in [1.29, 1.82) is 0 Å². The van der Waals surface area contributed by atoms with Crippen molar-refractivity contribution in [3.63, 3.8) is 0 Å². The maximum atomic E-state index is 11.6. The van der Waals surface area contributed by atoms with Crippen LogP contribution in [0.4, 0.5) is 4.79 Å². The van der Waals surface area contributed by atoms with Gasteiger partial charge in [-0.25, -0.2) is 4.79 Å². The number of ether oxygens (including phenoxy) is 1. The number of hydrogen-bond acceptors (Lipinski definition) is 3. The number of rotatable bonds is 6. The summed E-state index contributed by atoms with van der Waals surface area (Å²) in [7, 11) is 0. The third-order valence-corrected chi connectivity index (χ3v) is 3.16. The Hall–Kier alpha value is -1.06. The maximum Gasteiger partial charge on any atom is 0.407 e. The minimum absolute atomic E-state index is 0.243. The Morgan fingerprint density at radius 2 is 1.94 bits per heavy atom. The highest BCUT2D eigenvalue weighted by Gasteiger charge is 2.36. The van der Waals surface area contributed by atoms with Gasteiger partial charge in [-0.3, -0.25) is 4.79 Å². The van der Waals surface area contributed by atoms with Crippen molar-refractivity contribution >= 4 is 11.9 Å². The SMILES string of the molecule is CC[C@@H]1C[C@H]1CC(=O)CCNC(=O)OC(C)(C)C. The van der Waals surface area contributed by atoms with Crippen molar-refractivity contribution in [1.82, 2.24) is 5.32 Å². The highest BCUT2D eigenvalue weighted by Crippen LogP contribution is 2.43. The molecule has 1 fully saturated rings. The molecule has 0 aliphatic heterocycles. The van der Waals surface area contributed by atoms with Crippen LogP contribution in [0.5, 0.6) is 0 Å². The summed E-state index contributed by atoms with van der Waals surface area (Å²) in [5.74, 6) is 1.60. The molecule has 0 bridgehead atoms. The molecule has 18 heavy (non-hydrogen) atoms. The molecule has 104 valence electrons. The molecule has 4 nitrogen and oxygen atoms in total. The number of hydrogen-bond donors (Lipinski definition) is 1. The Kier molecular flexibility index (Phi) is 5.17. The van der Waals surface area contributed by atoms with Gasteiger partial charge in [-0.15, -0.1) is 0 Å². The predicted molar refractivity (Wildman–Crippen MR) is 70.4 cm³/mol. The summed E-state index contributed by atoms with van der Waals surface area (Å²) >= 11 is 0. The molecule has 0 unspecified atom stereocenters. The zero-order valence-corrected chi connectivity index (χ0v) is 11.9. The third kappa shape index (κ3) is 6.03. The van der Waals surface area contributed by atoms with Gasteiger partial charge >= 0.3 is 6.09 Å². The van der Waals surface area contributed by atoms with Crippen molar-refractivity contribution in [3.05, 3.63) is 0 Å². The van der Waals surface area contributed by atoms with E-state index in [1.807, 2.05) is 20.8 Å². The van der Waals surface area contributed by atoms with Crippen LogP contribution in [0.1, 0.15) is 53.4 Å². The molecular formula is C14H25NO3. The first kappa shape index (κ1) is 15.0. The molecule has 1 N–H and O–H groups in total. The Morgan fingerprint density at radius 1 is 1.28 bits per heavy atom. The number of carbonyl (C=O) groups excluding carboxylic acids is 2. The minimum atomic E-state index is -0.490. The van der Waals surface area contributed by atoms with Gasteiger partial charge in [0.15, 0.2) is 0 Å². The van der Waals surface area contributed by atoms with Crippen LogP contribution in [0, 0.1) is 11.8 Å². The average Bonchev–Trinajstić information content (AvgIpc) is 2.93. The van der Waals surface area contributed by atoms with Gasteiger partial charge in [-0.05, 0) is 39.0 Å². The standard InChI is InChI=1S/C14H25NO3/c1-5-10-8-11(10)9-12(16)6-7-15-13(17)18-14(2,3)4/h10-11H,5-9H2,1-4H3,(H,15,17)/t10-,11+/m1/s1. The lowest BCUT2D eigenvalue weighted by Gasteiger charge is -2.19. The number of alkyl carbamates (subject to hydrolysis) is 1. The van der Waals surface area contributed by atoms with Gasteiger partial charge in [0.2, 0.25) is 0 Å². The number of ketones is 1. The zero-order chi connectivity index (χ0) is 13.8. The zero-order valence-electron chi connectivity index (χ0n) is 11.9. The first-order chi connectivity index (χ1) is 8.31. The number of carbonyl (C=O) groups is 2. The van der Waals surface area contributed by atoms with E-state index in [0.717, 1.165) is 5.92 Å². The first-order valence-electron chi connectivity index (χ1n) is 6.80. The van der Waals surface area contributed by atoms with E-state index in [1.165, 1.54) is 12.8 Å². The van der Waals surface area contributed by atoms with Gasteiger partial charge in [0, 0.05) is 19.4 Å². The molecule has 1 amide bonds. The van der Waals surface area contributed by atoms with E-state index in [9.17, 15) is 9.59 Å². The summed E-state index contributed by atoms with van der Waals surface area (Å²) in [6, 6.07) is 0. The first-order valence-corrected chi connectivity index (χ1v) is 6.80. The Bertz CT molecular complexity index is 307. The van der Waals surface area contributed by atoms with Crippen LogP contribution in [0.3, 0.4) is 0 Å². The van der Waals surface area contributed by atoms with Crippen LogP contribution in [0.25, 0.3) is 0 Å². The highest BCUT2D eigenvalue weighted by atomic mass is 16.6. The summed E-state index contributed by atoms with van der Waals surface area (Å²) in [5, 5.41) is 2.61. The molecule has 1 aliphatic rings. The van der Waals surface area contributed by atoms with Crippen molar-refractivity contribution < 1.29 is 14.3 Å². The second-order valence-electron chi connectivity index (χ2n) is 6.09. The van der Waals surface area contributed by atoms with Crippen LogP contribution in [-0.4, -0.2) is 24.0 Å². The van der Waals surface area contributed by atoms with Crippen LogP contribution < -0.4 is 5.32 Å². The largest absolute Gasteiger partial charge is 0.444 e. The lowest BCUT2D eigenvalue weighted by molar-refractivity contribution is -0.119. The second kappa shape index (κ2) is 6.21. The third-order valence-electron chi connectivity index (χ3n) is 3.16. The monoisotopic (exact) mass is 255 g/mol. The van der Waals surface area contributed by atoms with Crippen LogP contribution in [0.2, 0.25) is 0 Å². The van der Waals surface area contributed by atoms with Crippen LogP contribution in [0.15, 0.2) is 0 Å². The molecule has 1 saturated carbocycles. The molecule has 2 atom stereocenters. The van der Waals surface area contributed by atoms with E-state index in [2.05, 4.69) is 12.2 Å². The Morgan fingerprint density at radius 3 is 2.44 bits per heavy atom. The lowest BCUT2D eigenvalue weighted by Crippen LogP contribution is -2.33. The molecule has 0 spiro atoms. The smallest absolute Gasteiger partial charge is 0.407 e. The van der Waals surface area contributed by atoms with E-state index in [-0.39, 0.29) is 5.78 Å². The molecular weight excluding hydrogens is 230 g/mol. The maximum absolute atomic E-state index is 11.6. The summed E-state index contributed by atoms with van der Waals surface area (Å²) < 4.78 is 5.09. The van der Waals surface area contributed by atoms with E-state index in [0.29, 0.717) is 25.3 Å². The number of Topliss-reactive ketones (excluding diaryl/α,β-unsaturated/α-hetero) is 1. The summed E-state index contributed by atoms with van der Waals surface area (Å²) in [6.07, 6.45) is 3.00. The van der Waals surface area contributed by atoms with Crippen molar-refractivity contribution in [2.45, 2.75) is 59.0 Å². The predicted octanol–water partition coefficient (Wildman–Crippen LogP) is 2.91. The lowest BCUT2D eigenvalue weighted by atomic mass is 10.1. The van der Waals surface area contributed by atoms with E-state index in [1.54, 1.807) is 0 Å². The fraction of sp³-hybridized carbons (Fsp3) is 0.857. The quantitative estimate of drug-likeness (QED) is 0.794. The highest BCUT2D eigenvalue weighted by molar-refractivity contribution is 5.79. The minimum Gasteiger partial charge on any atom is -0.444 e. The van der Waals surface area contributed by atoms with Gasteiger partial charge in [0.1, 0.15) is 11.4 Å². The molecule has 0 radical (unpaired) electrons. The molecule has 1 rings (SSSR count). The topological polar surface area (TPSA) is 55.4 Å². The number of nitrogens with one attached hydrogen (secondary N) is 1. The Balaban J connectivity index is 2.07. The van der Waals surface area contributed by atoms with Crippen molar-refractivity contribution in [2.24, 2.45) is 11.8 Å². The fourth-order valence-corrected chi connectivity index (χ4v) is 2.07. The van der Waals surface area contributed by atoms with Crippen LogP contribution >= 0.6 is 0 Å². The molecule has 0 saturated heterocycles. The number of amides is 1. The molecule has 0 aromatic carbocycles. The van der Waals surface area contributed by atoms with Gasteiger partial charge in [-0.2, -0.15) is 0 Å². The second-order valence-corrected chi connectivity index (χ2v) is 6.09. The van der Waals surface area contributed by atoms with Gasteiger partial charge < -0.3 is 10.1 Å². The molecule has 0 heterocycles. The molecule has 1 aliphatic carbocycles. The summed E-state index contributed by atoms with van der Waals surface area (Å²) in [4.78, 5) is 23.0. The molecule has 0 aromatic heterocycles. The molecule has 0 aromatic rings. The average molecular weight is 255 g/mol. The van der Waals surface area contributed by atoms with Gasteiger partial charge in [0.25, 0.3) is 0 Å². The van der Waals surface area contributed by atoms with E-state index in [4.69, 9.17) is 4.74 Å². The Labute approximate surface area is 109 Å².